The average molecular weight is 278 g/mol. The number of H-pyrrole nitrogens is 1. The van der Waals surface area contributed by atoms with Gasteiger partial charge in [-0.15, -0.1) is 0 Å². The zero-order valence-electron chi connectivity index (χ0n) is 11.4. The molecule has 1 aliphatic rings. The first kappa shape index (κ1) is 13.2. The molecule has 0 amide bonds. The average Bonchev–Trinajstić information content (AvgIpc) is 3.09. The number of aliphatic hydroxyl groups excluding tert-OH is 1. The zero-order chi connectivity index (χ0) is 13.9. The summed E-state index contributed by atoms with van der Waals surface area (Å²) in [6, 6.07) is 0. The molecule has 20 heavy (non-hydrogen) atoms. The highest BCUT2D eigenvalue weighted by molar-refractivity contribution is 5.39. The molecule has 2 unspecified atom stereocenters. The fraction of sp³-hybridized carbons (Fsp3) is 0.667. The van der Waals surface area contributed by atoms with Crippen molar-refractivity contribution in [2.45, 2.75) is 32.4 Å². The molecule has 108 valence electrons. The number of aliphatic hydroxyl groups is 1. The third-order valence-electron chi connectivity index (χ3n) is 3.68. The van der Waals surface area contributed by atoms with Gasteiger partial charge in [0.2, 0.25) is 11.7 Å². The molecule has 3 rings (SSSR count). The van der Waals surface area contributed by atoms with Crippen molar-refractivity contribution in [2.75, 3.05) is 13.1 Å². The van der Waals surface area contributed by atoms with Gasteiger partial charge < -0.3 is 9.63 Å². The van der Waals surface area contributed by atoms with Crippen LogP contribution in [0.25, 0.3) is 11.6 Å². The second-order valence-corrected chi connectivity index (χ2v) is 5.22. The van der Waals surface area contributed by atoms with Gasteiger partial charge in [-0.1, -0.05) is 5.16 Å². The summed E-state index contributed by atoms with van der Waals surface area (Å²) in [7, 11) is 0. The molecule has 2 aromatic heterocycles. The molecule has 1 aliphatic heterocycles. The fourth-order valence-corrected chi connectivity index (χ4v) is 2.55. The van der Waals surface area contributed by atoms with Gasteiger partial charge in [0.15, 0.2) is 5.82 Å². The van der Waals surface area contributed by atoms with Crippen molar-refractivity contribution in [1.82, 2.24) is 30.2 Å². The van der Waals surface area contributed by atoms with E-state index in [0.29, 0.717) is 30.0 Å². The van der Waals surface area contributed by atoms with Crippen LogP contribution in [0.5, 0.6) is 0 Å². The number of likely N-dealkylation sites (tertiary alicyclic amines) is 1. The Morgan fingerprint density at radius 2 is 2.50 bits per heavy atom. The van der Waals surface area contributed by atoms with Crippen LogP contribution in [0.2, 0.25) is 0 Å². The largest absolute Gasteiger partial charge is 0.393 e. The van der Waals surface area contributed by atoms with Crippen LogP contribution in [0.15, 0.2) is 10.9 Å². The molecule has 2 aromatic rings. The summed E-state index contributed by atoms with van der Waals surface area (Å²) in [4.78, 5) is 10.5. The Morgan fingerprint density at radius 3 is 3.25 bits per heavy atom. The van der Waals surface area contributed by atoms with Crippen molar-refractivity contribution in [3.05, 3.63) is 12.2 Å². The Kier molecular flexibility index (Phi) is 3.75. The fourth-order valence-electron chi connectivity index (χ4n) is 2.55. The van der Waals surface area contributed by atoms with Crippen LogP contribution in [0.1, 0.15) is 25.7 Å². The summed E-state index contributed by atoms with van der Waals surface area (Å²) < 4.78 is 5.23. The van der Waals surface area contributed by atoms with Gasteiger partial charge in [0.05, 0.1) is 12.6 Å². The molecule has 1 saturated heterocycles. The third-order valence-corrected chi connectivity index (χ3v) is 3.68. The monoisotopic (exact) mass is 278 g/mol. The van der Waals surface area contributed by atoms with E-state index in [9.17, 15) is 5.11 Å². The lowest BCUT2D eigenvalue weighted by Crippen LogP contribution is -2.39. The van der Waals surface area contributed by atoms with Gasteiger partial charge in [0.1, 0.15) is 6.33 Å². The van der Waals surface area contributed by atoms with Crippen molar-refractivity contribution in [1.29, 1.82) is 0 Å². The van der Waals surface area contributed by atoms with Crippen molar-refractivity contribution in [3.63, 3.8) is 0 Å². The lowest BCUT2D eigenvalue weighted by atomic mass is 9.93. The van der Waals surface area contributed by atoms with Crippen molar-refractivity contribution >= 4 is 0 Å². The van der Waals surface area contributed by atoms with Gasteiger partial charge in [-0.3, -0.25) is 10.00 Å². The molecule has 0 aromatic carbocycles. The summed E-state index contributed by atoms with van der Waals surface area (Å²) in [5.74, 6) is 1.80. The van der Waals surface area contributed by atoms with Gasteiger partial charge in [0.25, 0.3) is 0 Å². The molecule has 0 aliphatic carbocycles. The highest BCUT2D eigenvalue weighted by Gasteiger charge is 2.24. The van der Waals surface area contributed by atoms with Crippen LogP contribution in [-0.4, -0.2) is 54.5 Å². The van der Waals surface area contributed by atoms with E-state index >= 15 is 0 Å². The minimum absolute atomic E-state index is 0.273. The lowest BCUT2D eigenvalue weighted by molar-refractivity contribution is 0.0556. The van der Waals surface area contributed by atoms with Gasteiger partial charge in [-0.2, -0.15) is 10.1 Å². The first-order valence-electron chi connectivity index (χ1n) is 6.81. The topological polar surface area (TPSA) is 104 Å². The predicted octanol–water partition coefficient (Wildman–Crippen LogP) is 0.447. The SMILES string of the molecule is CC(O)C1CCCN(Cc2nc(-c3ncn[nH]3)no2)C1. The first-order chi connectivity index (χ1) is 9.72. The van der Waals surface area contributed by atoms with Crippen molar-refractivity contribution < 1.29 is 9.63 Å². The molecule has 3 heterocycles. The second-order valence-electron chi connectivity index (χ2n) is 5.22. The van der Waals surface area contributed by atoms with Crippen molar-refractivity contribution in [3.8, 4) is 11.6 Å². The minimum atomic E-state index is -0.273. The molecule has 0 saturated carbocycles. The Morgan fingerprint density at radius 1 is 1.60 bits per heavy atom. The maximum absolute atomic E-state index is 9.69. The minimum Gasteiger partial charge on any atom is -0.393 e. The molecule has 8 nitrogen and oxygen atoms in total. The Bertz CT molecular complexity index is 538. The van der Waals surface area contributed by atoms with Crippen LogP contribution in [0.3, 0.4) is 0 Å². The predicted molar refractivity (Wildman–Crippen MR) is 69.4 cm³/mol. The van der Waals surface area contributed by atoms with Crippen LogP contribution in [0.4, 0.5) is 0 Å². The van der Waals surface area contributed by atoms with E-state index in [1.165, 1.54) is 6.33 Å². The summed E-state index contributed by atoms with van der Waals surface area (Å²) in [5.41, 5.74) is 0. The summed E-state index contributed by atoms with van der Waals surface area (Å²) in [6.07, 6.45) is 3.29. The first-order valence-corrected chi connectivity index (χ1v) is 6.81. The molecule has 0 spiro atoms. The normalized spacial score (nSPS) is 22.0. The number of hydrogen-bond donors (Lipinski definition) is 2. The zero-order valence-corrected chi connectivity index (χ0v) is 11.4. The van der Waals surface area contributed by atoms with Gasteiger partial charge in [-0.05, 0) is 32.2 Å². The molecule has 2 N–H and O–H groups in total. The van der Waals surface area contributed by atoms with E-state index in [-0.39, 0.29) is 6.10 Å². The van der Waals surface area contributed by atoms with Crippen LogP contribution in [0, 0.1) is 5.92 Å². The summed E-state index contributed by atoms with van der Waals surface area (Å²) in [5, 5.41) is 20.0. The third kappa shape index (κ3) is 2.86. The molecule has 2 atom stereocenters. The Labute approximate surface area is 116 Å². The van der Waals surface area contributed by atoms with Crippen LogP contribution < -0.4 is 0 Å². The van der Waals surface area contributed by atoms with Crippen LogP contribution >= 0.6 is 0 Å². The second kappa shape index (κ2) is 5.68. The Balaban J connectivity index is 1.63. The van der Waals surface area contributed by atoms with E-state index in [0.717, 1.165) is 25.9 Å². The van der Waals surface area contributed by atoms with E-state index in [1.54, 1.807) is 0 Å². The number of nitrogens with one attached hydrogen (secondary N) is 1. The molecule has 0 bridgehead atoms. The molecule has 0 radical (unpaired) electrons. The highest BCUT2D eigenvalue weighted by atomic mass is 16.5. The van der Waals surface area contributed by atoms with Gasteiger partial charge in [0, 0.05) is 6.54 Å². The highest BCUT2D eigenvalue weighted by Crippen LogP contribution is 2.21. The van der Waals surface area contributed by atoms with E-state index < -0.39 is 0 Å². The molecular weight excluding hydrogens is 260 g/mol. The van der Waals surface area contributed by atoms with Gasteiger partial charge in [-0.25, -0.2) is 4.98 Å². The number of aromatic nitrogens is 5. The standard InChI is InChI=1S/C12H18N6O2/c1-8(19)9-3-2-4-18(5-9)6-10-15-12(17-20-10)11-13-7-14-16-11/h7-9,19H,2-6H2,1H3,(H,13,14,16). The molecule has 1 fully saturated rings. The number of piperidine rings is 1. The van der Waals surface area contributed by atoms with Gasteiger partial charge >= 0.3 is 0 Å². The van der Waals surface area contributed by atoms with E-state index in [1.807, 2.05) is 6.92 Å². The molecular formula is C12H18N6O2. The summed E-state index contributed by atoms with van der Waals surface area (Å²) >= 11 is 0. The Hall–Kier alpha value is -1.80. The number of nitrogens with zero attached hydrogens (tertiary/aromatic N) is 5. The number of aromatic amines is 1. The van der Waals surface area contributed by atoms with E-state index in [4.69, 9.17) is 4.52 Å². The number of hydrogen-bond acceptors (Lipinski definition) is 7. The maximum atomic E-state index is 9.69. The maximum Gasteiger partial charge on any atom is 0.241 e. The summed E-state index contributed by atoms with van der Waals surface area (Å²) in [6.45, 7) is 4.30. The van der Waals surface area contributed by atoms with Crippen LogP contribution in [-0.2, 0) is 6.54 Å². The molecule has 8 heteroatoms. The number of rotatable bonds is 4. The van der Waals surface area contributed by atoms with Crippen molar-refractivity contribution in [2.24, 2.45) is 5.92 Å². The lowest BCUT2D eigenvalue weighted by Gasteiger charge is -2.33. The van der Waals surface area contributed by atoms with E-state index in [2.05, 4.69) is 30.2 Å². The quantitative estimate of drug-likeness (QED) is 0.836. The smallest absolute Gasteiger partial charge is 0.241 e.